The van der Waals surface area contributed by atoms with Crippen LogP contribution in [0.1, 0.15) is 53.5 Å². The lowest BCUT2D eigenvalue weighted by Crippen LogP contribution is -2.51. The first-order chi connectivity index (χ1) is 15.3. The molecule has 6 nitrogen and oxygen atoms in total. The van der Waals surface area contributed by atoms with Crippen LogP contribution in [0.15, 0.2) is 36.9 Å². The number of anilines is 1. The van der Waals surface area contributed by atoms with Gasteiger partial charge in [0.05, 0.1) is 19.1 Å². The van der Waals surface area contributed by atoms with Crippen molar-refractivity contribution in [3.05, 3.63) is 64.7 Å². The molecule has 32 heavy (non-hydrogen) atoms. The first kappa shape index (κ1) is 21.9. The van der Waals surface area contributed by atoms with Crippen molar-refractivity contribution >= 4 is 23.7 Å². The molecule has 1 heterocycles. The van der Waals surface area contributed by atoms with E-state index in [4.69, 9.17) is 10.5 Å². The molecule has 2 aliphatic rings. The third-order valence-corrected chi connectivity index (χ3v) is 7.37. The van der Waals surface area contributed by atoms with Gasteiger partial charge in [-0.2, -0.15) is 0 Å². The lowest BCUT2D eigenvalue weighted by Gasteiger charge is -2.44. The van der Waals surface area contributed by atoms with Gasteiger partial charge in [-0.3, -0.25) is 4.79 Å². The van der Waals surface area contributed by atoms with Crippen molar-refractivity contribution in [1.82, 2.24) is 4.90 Å². The predicted molar refractivity (Wildman–Crippen MR) is 127 cm³/mol. The van der Waals surface area contributed by atoms with E-state index in [0.29, 0.717) is 32.2 Å². The second-order valence-electron chi connectivity index (χ2n) is 8.93. The minimum Gasteiger partial charge on any atom is -0.496 e. The second kappa shape index (κ2) is 8.34. The molecule has 1 aliphatic carbocycles. The molecule has 0 unspecified atom stereocenters. The number of urea groups is 1. The molecule has 1 aliphatic heterocycles. The number of methoxy groups -OCH3 is 1. The number of hydrogen-bond donors (Lipinski definition) is 2. The molecular weight excluding hydrogens is 402 g/mol. The smallest absolute Gasteiger partial charge is 0.322 e. The third kappa shape index (κ3) is 3.53. The Morgan fingerprint density at radius 1 is 1.25 bits per heavy atom. The maximum absolute atomic E-state index is 12.9. The maximum atomic E-state index is 12.9. The molecule has 3 amide bonds. The molecule has 4 rings (SSSR count). The number of nitrogens with zero attached hydrogens (tertiary/aromatic N) is 1. The Kier molecular flexibility index (Phi) is 5.71. The molecule has 0 spiro atoms. The third-order valence-electron chi connectivity index (χ3n) is 7.37. The standard InChI is InChI=1S/C26H31N3O3/c1-5-18-7-9-22-21(17(18)3)15-29(25(31)28-22)20-10-12-26(13-11-20,24(27)30)19-8-6-16(2)23(14-19)32-4/h5-9,14,20H,1,10-13,15H2,2-4H3,(H2,27,30)(H,28,31). The van der Waals surface area contributed by atoms with Crippen LogP contribution >= 0.6 is 0 Å². The van der Waals surface area contributed by atoms with Gasteiger partial charge in [0.15, 0.2) is 0 Å². The zero-order chi connectivity index (χ0) is 23.0. The Morgan fingerprint density at radius 2 is 1.97 bits per heavy atom. The number of nitrogens with one attached hydrogen (secondary N) is 1. The molecule has 1 fully saturated rings. The van der Waals surface area contributed by atoms with Gasteiger partial charge in [-0.1, -0.05) is 30.9 Å². The molecule has 1 saturated carbocycles. The zero-order valence-electron chi connectivity index (χ0n) is 19.0. The predicted octanol–water partition coefficient (Wildman–Crippen LogP) is 4.67. The number of aryl methyl sites for hydroxylation is 1. The summed E-state index contributed by atoms with van der Waals surface area (Å²) in [6.07, 6.45) is 4.46. The largest absolute Gasteiger partial charge is 0.496 e. The molecule has 0 bridgehead atoms. The maximum Gasteiger partial charge on any atom is 0.322 e. The van der Waals surface area contributed by atoms with Gasteiger partial charge < -0.3 is 20.7 Å². The van der Waals surface area contributed by atoms with E-state index in [0.717, 1.165) is 39.3 Å². The molecular formula is C26H31N3O3. The Hall–Kier alpha value is -3.28. The molecule has 6 heteroatoms. The number of carbonyl (C=O) groups is 2. The van der Waals surface area contributed by atoms with Crippen LogP contribution in [0.4, 0.5) is 10.5 Å². The number of amides is 3. The van der Waals surface area contributed by atoms with Crippen LogP contribution in [0.5, 0.6) is 5.75 Å². The fraction of sp³-hybridized carbons (Fsp3) is 0.385. The Morgan fingerprint density at radius 3 is 2.59 bits per heavy atom. The topological polar surface area (TPSA) is 84.7 Å². The highest BCUT2D eigenvalue weighted by molar-refractivity contribution is 5.93. The van der Waals surface area contributed by atoms with Crippen LogP contribution in [-0.2, 0) is 16.8 Å². The fourth-order valence-electron chi connectivity index (χ4n) is 5.24. The summed E-state index contributed by atoms with van der Waals surface area (Å²) in [7, 11) is 1.63. The summed E-state index contributed by atoms with van der Waals surface area (Å²) < 4.78 is 5.47. The van der Waals surface area contributed by atoms with Gasteiger partial charge in [0.1, 0.15) is 5.75 Å². The van der Waals surface area contributed by atoms with E-state index >= 15 is 0 Å². The van der Waals surface area contributed by atoms with Crippen molar-refractivity contribution in [2.75, 3.05) is 12.4 Å². The molecule has 2 aromatic carbocycles. The number of ether oxygens (including phenoxy) is 1. The average Bonchev–Trinajstić information content (AvgIpc) is 2.79. The SMILES string of the molecule is C=Cc1ccc2c(c1C)CN(C1CCC(C(N)=O)(c3ccc(C)c(OC)c3)CC1)C(=O)N2. The van der Waals surface area contributed by atoms with E-state index in [1.807, 2.05) is 48.2 Å². The van der Waals surface area contributed by atoms with Crippen molar-refractivity contribution in [2.24, 2.45) is 5.73 Å². The van der Waals surface area contributed by atoms with Crippen LogP contribution < -0.4 is 15.8 Å². The highest BCUT2D eigenvalue weighted by Crippen LogP contribution is 2.43. The minimum absolute atomic E-state index is 0.0507. The summed E-state index contributed by atoms with van der Waals surface area (Å²) in [5.74, 6) is 0.438. The molecule has 0 atom stereocenters. The van der Waals surface area contributed by atoms with Gasteiger partial charge in [0, 0.05) is 11.7 Å². The number of hydrogen-bond acceptors (Lipinski definition) is 3. The average molecular weight is 434 g/mol. The Bertz CT molecular complexity index is 1080. The summed E-state index contributed by atoms with van der Waals surface area (Å²) in [6, 6.07) is 9.77. The summed E-state index contributed by atoms with van der Waals surface area (Å²) in [5.41, 5.74) is 11.3. The zero-order valence-corrected chi connectivity index (χ0v) is 19.0. The van der Waals surface area contributed by atoms with Gasteiger partial charge in [0.25, 0.3) is 0 Å². The summed E-state index contributed by atoms with van der Waals surface area (Å²) in [4.78, 5) is 27.5. The van der Waals surface area contributed by atoms with E-state index < -0.39 is 5.41 Å². The van der Waals surface area contributed by atoms with Crippen molar-refractivity contribution in [1.29, 1.82) is 0 Å². The van der Waals surface area contributed by atoms with Crippen molar-refractivity contribution < 1.29 is 14.3 Å². The van der Waals surface area contributed by atoms with Gasteiger partial charge >= 0.3 is 6.03 Å². The number of rotatable bonds is 5. The second-order valence-corrected chi connectivity index (χ2v) is 8.93. The monoisotopic (exact) mass is 433 g/mol. The van der Waals surface area contributed by atoms with Crippen molar-refractivity contribution in [3.63, 3.8) is 0 Å². The molecule has 0 aromatic heterocycles. The van der Waals surface area contributed by atoms with Crippen molar-refractivity contribution in [2.45, 2.75) is 57.5 Å². The Balaban J connectivity index is 1.58. The first-order valence-corrected chi connectivity index (χ1v) is 11.1. The van der Waals surface area contributed by atoms with Gasteiger partial charge in [0.2, 0.25) is 5.91 Å². The minimum atomic E-state index is -0.742. The molecule has 2 aromatic rings. The van der Waals surface area contributed by atoms with E-state index in [1.165, 1.54) is 0 Å². The van der Waals surface area contributed by atoms with Crippen LogP contribution in [0, 0.1) is 13.8 Å². The highest BCUT2D eigenvalue weighted by atomic mass is 16.5. The quantitative estimate of drug-likeness (QED) is 0.719. The summed E-state index contributed by atoms with van der Waals surface area (Å²) in [5, 5.41) is 3.04. The van der Waals surface area contributed by atoms with Crippen LogP contribution in [0.2, 0.25) is 0 Å². The van der Waals surface area contributed by atoms with Gasteiger partial charge in [-0.05, 0) is 79.5 Å². The Labute approximate surface area is 189 Å². The first-order valence-electron chi connectivity index (χ1n) is 11.1. The fourth-order valence-corrected chi connectivity index (χ4v) is 5.24. The molecule has 3 N–H and O–H groups in total. The number of primary amides is 1. The summed E-state index contributed by atoms with van der Waals surface area (Å²) >= 11 is 0. The van der Waals surface area contributed by atoms with Gasteiger partial charge in [-0.25, -0.2) is 4.79 Å². The van der Waals surface area contributed by atoms with Crippen molar-refractivity contribution in [3.8, 4) is 5.75 Å². The highest BCUT2D eigenvalue weighted by Gasteiger charge is 2.44. The van der Waals surface area contributed by atoms with Gasteiger partial charge in [-0.15, -0.1) is 0 Å². The van der Waals surface area contributed by atoms with E-state index in [9.17, 15) is 9.59 Å². The van der Waals surface area contributed by atoms with Crippen LogP contribution in [0.25, 0.3) is 6.08 Å². The van der Waals surface area contributed by atoms with E-state index in [2.05, 4.69) is 18.8 Å². The van der Waals surface area contributed by atoms with Crippen LogP contribution in [0.3, 0.4) is 0 Å². The molecule has 0 saturated heterocycles. The normalized spacial score (nSPS) is 22.7. The number of carbonyl (C=O) groups excluding carboxylic acids is 2. The lowest BCUT2D eigenvalue weighted by atomic mass is 9.67. The molecule has 0 radical (unpaired) electrons. The molecule has 168 valence electrons. The number of benzene rings is 2. The number of fused-ring (bicyclic) bond motifs is 1. The number of nitrogens with two attached hydrogens (primary N) is 1. The van der Waals surface area contributed by atoms with Crippen LogP contribution in [-0.4, -0.2) is 30.0 Å². The van der Waals surface area contributed by atoms with E-state index in [1.54, 1.807) is 7.11 Å². The summed E-state index contributed by atoms with van der Waals surface area (Å²) in [6.45, 7) is 8.49. The lowest BCUT2D eigenvalue weighted by molar-refractivity contribution is -0.125. The van der Waals surface area contributed by atoms with E-state index in [-0.39, 0.29) is 18.0 Å².